The van der Waals surface area contributed by atoms with Gasteiger partial charge in [0.05, 0.1) is 30.5 Å². The summed E-state index contributed by atoms with van der Waals surface area (Å²) in [6, 6.07) is 6.46. The van der Waals surface area contributed by atoms with Gasteiger partial charge in [0.2, 0.25) is 11.8 Å². The summed E-state index contributed by atoms with van der Waals surface area (Å²) < 4.78 is 11.8. The molecular weight excluding hydrogens is 594 g/mol. The van der Waals surface area contributed by atoms with E-state index in [1.54, 1.807) is 52.8 Å². The van der Waals surface area contributed by atoms with Crippen LogP contribution in [0.5, 0.6) is 0 Å². The van der Waals surface area contributed by atoms with E-state index in [-0.39, 0.29) is 19.1 Å². The maximum absolute atomic E-state index is 14.0. The van der Waals surface area contributed by atoms with Gasteiger partial charge < -0.3 is 30.3 Å². The quantitative estimate of drug-likeness (QED) is 0.259. The van der Waals surface area contributed by atoms with Crippen LogP contribution in [0.25, 0.3) is 17.0 Å². The number of aliphatic hydroxyl groups is 1. The van der Waals surface area contributed by atoms with Crippen LogP contribution >= 0.6 is 0 Å². The highest BCUT2D eigenvalue weighted by molar-refractivity contribution is 5.94. The number of aliphatic hydroxyl groups excluding tert-OH is 1. The number of carboxylic acid groups (broad SMARTS) is 1. The lowest BCUT2D eigenvalue weighted by Crippen LogP contribution is -2.62. The fourth-order valence-electron chi connectivity index (χ4n) is 5.28. The topological polar surface area (TPSA) is 179 Å². The molecule has 4 atom stereocenters. The second-order valence-electron chi connectivity index (χ2n) is 12.9. The number of hydrogen-bond donors (Lipinski definition) is 5. The van der Waals surface area contributed by atoms with Crippen LogP contribution in [0.1, 0.15) is 71.7 Å². The molecule has 1 aromatic heterocycles. The number of amides is 3. The molecule has 3 heterocycles. The summed E-state index contributed by atoms with van der Waals surface area (Å²) in [6.45, 7) is 10.5. The monoisotopic (exact) mass is 639 g/mol. The fraction of sp³-hybridized carbons (Fsp3) is 0.545. The smallest absolute Gasteiger partial charge is 0.322 e. The van der Waals surface area contributed by atoms with Gasteiger partial charge in [-0.25, -0.2) is 5.43 Å². The summed E-state index contributed by atoms with van der Waals surface area (Å²) in [6.07, 6.45) is 3.68. The second-order valence-corrected chi connectivity index (χ2v) is 12.9. The van der Waals surface area contributed by atoms with E-state index in [9.17, 15) is 29.4 Å². The van der Waals surface area contributed by atoms with Crippen molar-refractivity contribution in [2.75, 3.05) is 19.8 Å². The molecule has 2 fully saturated rings. The van der Waals surface area contributed by atoms with Gasteiger partial charge in [-0.05, 0) is 64.2 Å². The standard InChI is InChI=1S/C33H45N5O8/c1-19(2)27(28(40)34-20(3)29(41)38-15-7-8-25(37-38)30(42)43)36-31(44)33(17-45-32(5,6)46-18-33)14-13-22-9-10-23-11-12-24(21(4)39)35-26(23)16-22/h9-14,16,19-21,25,27,37,39H,7-8,15,17-18H2,1-6H3,(H,34,40)(H,36,44)(H,42,43)/b14-13+/t20-,21?,25-,27-/m0/s1. The summed E-state index contributed by atoms with van der Waals surface area (Å²) in [4.78, 5) is 56.4. The number of pyridine rings is 1. The third kappa shape index (κ3) is 8.27. The van der Waals surface area contributed by atoms with Gasteiger partial charge in [-0.15, -0.1) is 0 Å². The third-order valence-corrected chi connectivity index (χ3v) is 8.28. The van der Waals surface area contributed by atoms with Gasteiger partial charge in [-0.3, -0.25) is 29.2 Å². The van der Waals surface area contributed by atoms with E-state index in [0.29, 0.717) is 30.6 Å². The molecule has 0 bridgehead atoms. The van der Waals surface area contributed by atoms with E-state index >= 15 is 0 Å². The molecule has 0 aliphatic carbocycles. The number of fused-ring (bicyclic) bond motifs is 1. The molecule has 0 spiro atoms. The Labute approximate surface area is 268 Å². The van der Waals surface area contributed by atoms with Crippen molar-refractivity contribution in [2.24, 2.45) is 11.3 Å². The van der Waals surface area contributed by atoms with Gasteiger partial charge in [0.1, 0.15) is 23.5 Å². The van der Waals surface area contributed by atoms with Crippen molar-refractivity contribution in [1.82, 2.24) is 26.1 Å². The molecule has 0 saturated carbocycles. The van der Waals surface area contributed by atoms with Crippen molar-refractivity contribution in [1.29, 1.82) is 0 Å². The number of carbonyl (C=O) groups is 4. The van der Waals surface area contributed by atoms with Gasteiger partial charge in [0, 0.05) is 11.9 Å². The van der Waals surface area contributed by atoms with E-state index in [2.05, 4.69) is 21.0 Å². The highest BCUT2D eigenvalue weighted by Crippen LogP contribution is 2.33. The summed E-state index contributed by atoms with van der Waals surface area (Å²) in [5.74, 6) is -3.81. The maximum Gasteiger partial charge on any atom is 0.322 e. The SMILES string of the molecule is CC(O)c1ccc2ccc(/C=C/C3(C(=O)N[C@H](C(=O)N[C@@H](C)C(=O)N4CCC[C@@H](C(=O)O)N4)C(C)C)COC(C)(C)OC3)cc2n1. The van der Waals surface area contributed by atoms with Gasteiger partial charge >= 0.3 is 5.97 Å². The number of nitrogens with zero attached hydrogens (tertiary/aromatic N) is 2. The molecule has 1 unspecified atom stereocenters. The van der Waals surface area contributed by atoms with Crippen LogP contribution in [0.4, 0.5) is 0 Å². The van der Waals surface area contributed by atoms with Crippen molar-refractivity contribution in [2.45, 2.75) is 84.4 Å². The zero-order valence-corrected chi connectivity index (χ0v) is 27.2. The Morgan fingerprint density at radius 3 is 2.37 bits per heavy atom. The molecule has 0 radical (unpaired) electrons. The summed E-state index contributed by atoms with van der Waals surface area (Å²) >= 11 is 0. The normalized spacial score (nSPS) is 21.5. The lowest BCUT2D eigenvalue weighted by molar-refractivity contribution is -0.272. The number of rotatable bonds is 10. The predicted molar refractivity (Wildman–Crippen MR) is 170 cm³/mol. The molecule has 250 valence electrons. The number of benzene rings is 1. The number of carboxylic acids is 1. The molecule has 4 rings (SSSR count). The molecule has 1 aromatic carbocycles. The lowest BCUT2D eigenvalue weighted by Gasteiger charge is -2.41. The van der Waals surface area contributed by atoms with Gasteiger partial charge in [0.25, 0.3) is 5.91 Å². The van der Waals surface area contributed by atoms with Crippen LogP contribution in [0.15, 0.2) is 36.4 Å². The Hall–Kier alpha value is -3.91. The average Bonchev–Trinajstić information content (AvgIpc) is 3.02. The number of aromatic nitrogens is 1. The van der Waals surface area contributed by atoms with Crippen LogP contribution in [0, 0.1) is 11.3 Å². The lowest BCUT2D eigenvalue weighted by atomic mass is 9.85. The van der Waals surface area contributed by atoms with Crippen LogP contribution in [0.2, 0.25) is 0 Å². The highest BCUT2D eigenvalue weighted by atomic mass is 16.7. The maximum atomic E-state index is 14.0. The van der Waals surface area contributed by atoms with E-state index in [1.807, 2.05) is 24.3 Å². The average molecular weight is 640 g/mol. The number of nitrogens with one attached hydrogen (secondary N) is 3. The van der Waals surface area contributed by atoms with E-state index < -0.39 is 59.1 Å². The summed E-state index contributed by atoms with van der Waals surface area (Å²) in [7, 11) is 0. The minimum absolute atomic E-state index is 0.00691. The second kappa shape index (κ2) is 14.2. The van der Waals surface area contributed by atoms with Crippen molar-refractivity contribution < 1.29 is 38.9 Å². The number of aliphatic carboxylic acids is 1. The first-order valence-electron chi connectivity index (χ1n) is 15.6. The predicted octanol–water partition coefficient (Wildman–Crippen LogP) is 2.30. The molecule has 13 heteroatoms. The van der Waals surface area contributed by atoms with Crippen LogP contribution in [0.3, 0.4) is 0 Å². The van der Waals surface area contributed by atoms with Gasteiger partial charge in [-0.2, -0.15) is 0 Å². The first-order valence-corrected chi connectivity index (χ1v) is 15.6. The molecular formula is C33H45N5O8. The van der Waals surface area contributed by atoms with E-state index in [0.717, 1.165) is 10.9 Å². The molecule has 2 saturated heterocycles. The van der Waals surface area contributed by atoms with E-state index in [4.69, 9.17) is 9.47 Å². The van der Waals surface area contributed by atoms with Gasteiger partial charge in [0.15, 0.2) is 5.79 Å². The van der Waals surface area contributed by atoms with Crippen molar-refractivity contribution in [3.05, 3.63) is 47.7 Å². The number of ether oxygens (including phenoxy) is 2. The number of carbonyl (C=O) groups excluding carboxylic acids is 3. The largest absolute Gasteiger partial charge is 0.480 e. The van der Waals surface area contributed by atoms with Crippen molar-refractivity contribution >= 4 is 40.7 Å². The molecule has 2 aromatic rings. The minimum Gasteiger partial charge on any atom is -0.480 e. The Balaban J connectivity index is 1.52. The van der Waals surface area contributed by atoms with Crippen LogP contribution in [-0.4, -0.2) is 87.6 Å². The molecule has 46 heavy (non-hydrogen) atoms. The van der Waals surface area contributed by atoms with Crippen molar-refractivity contribution in [3.63, 3.8) is 0 Å². The van der Waals surface area contributed by atoms with Crippen LogP contribution in [-0.2, 0) is 28.7 Å². The van der Waals surface area contributed by atoms with Gasteiger partial charge in [-0.1, -0.05) is 44.2 Å². The first kappa shape index (κ1) is 35.0. The molecule has 3 amide bonds. The summed E-state index contributed by atoms with van der Waals surface area (Å²) in [5, 5.41) is 27.0. The number of hydrogen-bond acceptors (Lipinski definition) is 9. The minimum atomic E-state index is -1.28. The number of hydrazine groups is 1. The van der Waals surface area contributed by atoms with Crippen molar-refractivity contribution in [3.8, 4) is 0 Å². The molecule has 2 aliphatic rings. The fourth-order valence-corrected chi connectivity index (χ4v) is 5.28. The summed E-state index contributed by atoms with van der Waals surface area (Å²) in [5.41, 5.74) is 3.43. The van der Waals surface area contributed by atoms with E-state index in [1.165, 1.54) is 11.9 Å². The third-order valence-electron chi connectivity index (χ3n) is 8.28. The first-order chi connectivity index (χ1) is 21.6. The zero-order valence-electron chi connectivity index (χ0n) is 27.2. The zero-order chi connectivity index (χ0) is 33.8. The molecule has 13 nitrogen and oxygen atoms in total. The Morgan fingerprint density at radius 1 is 1.07 bits per heavy atom. The Morgan fingerprint density at radius 2 is 1.74 bits per heavy atom. The molecule has 5 N–H and O–H groups in total. The Kier molecular flexibility index (Phi) is 10.8. The highest BCUT2D eigenvalue weighted by Gasteiger charge is 2.45. The Bertz CT molecular complexity index is 1480. The van der Waals surface area contributed by atoms with Crippen LogP contribution < -0.4 is 16.1 Å². The molecule has 2 aliphatic heterocycles.